The second-order valence-corrected chi connectivity index (χ2v) is 3.88. The van der Waals surface area contributed by atoms with Gasteiger partial charge in [0.25, 0.3) is 0 Å². The molecule has 2 aromatic heterocycles. The van der Waals surface area contributed by atoms with E-state index in [0.29, 0.717) is 5.15 Å². The lowest BCUT2D eigenvalue weighted by atomic mass is 10.4. The van der Waals surface area contributed by atoms with Crippen LogP contribution in [0.25, 0.3) is 11.0 Å². The highest BCUT2D eigenvalue weighted by Gasteiger charge is 2.07. The molecular formula is C6H2Cl2IN3. The monoisotopic (exact) mass is 313 g/mol. The van der Waals surface area contributed by atoms with E-state index in [4.69, 9.17) is 23.2 Å². The van der Waals surface area contributed by atoms with Crippen LogP contribution in [0.3, 0.4) is 0 Å². The molecule has 0 unspecified atom stereocenters. The van der Waals surface area contributed by atoms with Crippen LogP contribution in [0.5, 0.6) is 0 Å². The van der Waals surface area contributed by atoms with Gasteiger partial charge in [-0.25, -0.2) is 4.98 Å². The molecule has 62 valence electrons. The predicted molar refractivity (Wildman–Crippen MR) is 57.0 cm³/mol. The molecule has 12 heavy (non-hydrogen) atoms. The van der Waals surface area contributed by atoms with E-state index in [0.717, 1.165) is 11.0 Å². The average molecular weight is 314 g/mol. The third-order valence-corrected chi connectivity index (χ3v) is 2.66. The minimum atomic E-state index is 0.170. The molecule has 2 rings (SSSR count). The van der Waals surface area contributed by atoms with Crippen LogP contribution in [0, 0.1) is 0 Å². The van der Waals surface area contributed by atoms with E-state index in [9.17, 15) is 0 Å². The lowest BCUT2D eigenvalue weighted by molar-refractivity contribution is 1.19. The highest BCUT2D eigenvalue weighted by atomic mass is 127. The van der Waals surface area contributed by atoms with Gasteiger partial charge < -0.3 is 0 Å². The smallest absolute Gasteiger partial charge is 0.225 e. The molecular weight excluding hydrogens is 312 g/mol. The van der Waals surface area contributed by atoms with E-state index in [1.54, 1.807) is 0 Å². The molecule has 3 nitrogen and oxygen atoms in total. The van der Waals surface area contributed by atoms with Crippen molar-refractivity contribution in [1.82, 2.24) is 12.7 Å². The van der Waals surface area contributed by atoms with Crippen LogP contribution in [-0.4, -0.2) is 12.7 Å². The summed E-state index contributed by atoms with van der Waals surface area (Å²) >= 11 is 13.5. The largest absolute Gasteiger partial charge is 0.273 e. The molecule has 0 radical (unpaired) electrons. The van der Waals surface area contributed by atoms with Gasteiger partial charge in [-0.15, -0.1) is 0 Å². The van der Waals surface area contributed by atoms with Crippen molar-refractivity contribution in [3.8, 4) is 0 Å². The SMILES string of the molecule is Clc1nc(Cl)c2ccn(I)c2n1. The summed E-state index contributed by atoms with van der Waals surface area (Å²) in [6.45, 7) is 0. The number of halogens is 3. The molecule has 0 atom stereocenters. The summed E-state index contributed by atoms with van der Waals surface area (Å²) in [5.41, 5.74) is 0.737. The number of hydrogen-bond acceptors (Lipinski definition) is 2. The number of fused-ring (bicyclic) bond motifs is 1. The molecule has 0 spiro atoms. The highest BCUT2D eigenvalue weighted by Crippen LogP contribution is 2.23. The topological polar surface area (TPSA) is 30.7 Å². The predicted octanol–water partition coefficient (Wildman–Crippen LogP) is 2.94. The van der Waals surface area contributed by atoms with E-state index in [1.165, 1.54) is 0 Å². The van der Waals surface area contributed by atoms with Crippen LogP contribution in [0.4, 0.5) is 0 Å². The van der Waals surface area contributed by atoms with Gasteiger partial charge in [0.05, 0.1) is 28.3 Å². The van der Waals surface area contributed by atoms with E-state index in [2.05, 4.69) is 32.8 Å². The molecule has 0 aromatic carbocycles. The van der Waals surface area contributed by atoms with E-state index in [1.807, 2.05) is 15.0 Å². The molecule has 0 aliphatic heterocycles. The fourth-order valence-electron chi connectivity index (χ4n) is 0.923. The zero-order chi connectivity index (χ0) is 8.72. The van der Waals surface area contributed by atoms with E-state index >= 15 is 0 Å². The van der Waals surface area contributed by atoms with Gasteiger partial charge in [0.15, 0.2) is 5.65 Å². The van der Waals surface area contributed by atoms with Gasteiger partial charge in [-0.1, -0.05) is 11.6 Å². The summed E-state index contributed by atoms with van der Waals surface area (Å²) in [5, 5.41) is 1.37. The molecule has 2 heterocycles. The fraction of sp³-hybridized carbons (Fsp3) is 0. The Morgan fingerprint density at radius 2 is 2.08 bits per heavy atom. The summed E-state index contributed by atoms with van der Waals surface area (Å²) in [6.07, 6.45) is 1.85. The van der Waals surface area contributed by atoms with Gasteiger partial charge in [0.1, 0.15) is 5.15 Å². The number of rotatable bonds is 0. The molecule has 0 bridgehead atoms. The Bertz CT molecular complexity index is 440. The third-order valence-electron chi connectivity index (χ3n) is 1.43. The van der Waals surface area contributed by atoms with Crippen LogP contribution < -0.4 is 0 Å². The Morgan fingerprint density at radius 3 is 2.83 bits per heavy atom. The lowest BCUT2D eigenvalue weighted by Crippen LogP contribution is -1.86. The maximum atomic E-state index is 5.82. The van der Waals surface area contributed by atoms with Crippen LogP contribution in [-0.2, 0) is 0 Å². The summed E-state index contributed by atoms with van der Waals surface area (Å²) in [5.74, 6) is 0. The number of nitrogens with zero attached hydrogens (tertiary/aromatic N) is 3. The minimum Gasteiger partial charge on any atom is -0.273 e. The first-order chi connectivity index (χ1) is 5.68. The first kappa shape index (κ1) is 8.52. The van der Waals surface area contributed by atoms with Gasteiger partial charge in [-0.05, 0) is 17.7 Å². The number of hydrogen-bond donors (Lipinski definition) is 0. The van der Waals surface area contributed by atoms with E-state index < -0.39 is 0 Å². The molecule has 6 heteroatoms. The molecule has 0 aliphatic rings. The molecule has 0 amide bonds. The maximum Gasteiger partial charge on any atom is 0.225 e. The summed E-state index contributed by atoms with van der Waals surface area (Å²) in [6, 6.07) is 1.85. The van der Waals surface area contributed by atoms with Crippen molar-refractivity contribution >= 4 is 57.1 Å². The Morgan fingerprint density at radius 1 is 1.33 bits per heavy atom. The zero-order valence-corrected chi connectivity index (χ0v) is 9.30. The van der Waals surface area contributed by atoms with Gasteiger partial charge in [0.2, 0.25) is 5.28 Å². The van der Waals surface area contributed by atoms with Crippen LogP contribution in [0.1, 0.15) is 0 Å². The average Bonchev–Trinajstić information content (AvgIpc) is 2.33. The fourth-order valence-corrected chi connectivity index (χ4v) is 1.89. The van der Waals surface area contributed by atoms with Crippen molar-refractivity contribution in [1.29, 1.82) is 0 Å². The highest BCUT2D eigenvalue weighted by molar-refractivity contribution is 14.1. The Labute approximate surface area is 92.2 Å². The van der Waals surface area contributed by atoms with Crippen molar-refractivity contribution in [2.75, 3.05) is 0 Å². The molecule has 0 saturated carbocycles. The second-order valence-electron chi connectivity index (χ2n) is 2.15. The van der Waals surface area contributed by atoms with Crippen molar-refractivity contribution in [2.45, 2.75) is 0 Å². The minimum absolute atomic E-state index is 0.170. The first-order valence-corrected chi connectivity index (χ1v) is 4.77. The number of aromatic nitrogens is 3. The van der Waals surface area contributed by atoms with Crippen LogP contribution >= 0.6 is 46.1 Å². The van der Waals surface area contributed by atoms with Crippen molar-refractivity contribution in [3.05, 3.63) is 22.7 Å². The van der Waals surface area contributed by atoms with Gasteiger partial charge in [0, 0.05) is 6.20 Å². The summed E-state index contributed by atoms with van der Waals surface area (Å²) in [7, 11) is 0. The van der Waals surface area contributed by atoms with Crippen LogP contribution in [0.15, 0.2) is 12.3 Å². The van der Waals surface area contributed by atoms with E-state index in [-0.39, 0.29) is 5.28 Å². The summed E-state index contributed by atoms with van der Waals surface area (Å²) in [4.78, 5) is 7.84. The molecule has 2 aromatic rings. The van der Waals surface area contributed by atoms with Crippen LogP contribution in [0.2, 0.25) is 10.4 Å². The molecule has 0 saturated heterocycles. The van der Waals surface area contributed by atoms with Crippen molar-refractivity contribution in [3.63, 3.8) is 0 Å². The molecule has 0 N–H and O–H groups in total. The Balaban J connectivity index is 2.92. The molecule has 0 fully saturated rings. The molecule has 0 aliphatic carbocycles. The Hall–Kier alpha value is -0.0700. The Kier molecular flexibility index (Phi) is 2.14. The normalized spacial score (nSPS) is 10.9. The first-order valence-electron chi connectivity index (χ1n) is 3.05. The van der Waals surface area contributed by atoms with Gasteiger partial charge in [-0.3, -0.25) is 2.78 Å². The van der Waals surface area contributed by atoms with Gasteiger partial charge in [-0.2, -0.15) is 4.98 Å². The standard InChI is InChI=1S/C6H2Cl2IN3/c7-4-3-1-2-12(9)5(3)11-6(8)10-4/h1-2H. The second kappa shape index (κ2) is 3.01. The lowest BCUT2D eigenvalue weighted by Gasteiger charge is -1.95. The van der Waals surface area contributed by atoms with Crippen molar-refractivity contribution < 1.29 is 0 Å². The van der Waals surface area contributed by atoms with Gasteiger partial charge >= 0.3 is 0 Å². The maximum absolute atomic E-state index is 5.82. The third kappa shape index (κ3) is 1.27. The zero-order valence-electron chi connectivity index (χ0n) is 5.63. The van der Waals surface area contributed by atoms with Crippen molar-refractivity contribution in [2.24, 2.45) is 0 Å². The summed E-state index contributed by atoms with van der Waals surface area (Å²) < 4.78 is 1.81. The quantitative estimate of drug-likeness (QED) is 0.425.